The van der Waals surface area contributed by atoms with Gasteiger partial charge in [0.15, 0.2) is 17.4 Å². The fourth-order valence-corrected chi connectivity index (χ4v) is 0. The molecule has 0 rings (SSSR count). The molecule has 0 radical (unpaired) electrons. The molecular formula is H7AlFeKN. The molecule has 4 heavy (non-hydrogen) atoms. The van der Waals surface area contributed by atoms with Gasteiger partial charge in [-0.15, -0.1) is 0 Å². The van der Waals surface area contributed by atoms with Crippen LogP contribution in [0.2, 0.25) is 0 Å². The van der Waals surface area contributed by atoms with Crippen LogP contribution in [0.3, 0.4) is 0 Å². The van der Waals surface area contributed by atoms with Crippen molar-refractivity contribution in [1.29, 1.82) is 0 Å². The number of hydrogen-bond acceptors (Lipinski definition) is 1. The van der Waals surface area contributed by atoms with Crippen LogP contribution in [-0.4, -0.2) is 17.4 Å². The van der Waals surface area contributed by atoms with Gasteiger partial charge < -0.3 is 7.58 Å². The van der Waals surface area contributed by atoms with E-state index in [9.17, 15) is 0 Å². The summed E-state index contributed by atoms with van der Waals surface area (Å²) in [7, 11) is 0. The first-order valence-corrected chi connectivity index (χ1v) is 0. The third-order valence-electron chi connectivity index (χ3n) is 0. The number of hydrogen-bond donors (Lipinski definition) is 1. The Bertz CT molecular complexity index is 11.6. The van der Waals surface area contributed by atoms with Gasteiger partial charge in [-0.25, -0.2) is 0 Å². The average Bonchev–Trinajstić information content (AvgIpc) is 0. The van der Waals surface area contributed by atoms with E-state index in [2.05, 4.69) is 0 Å². The van der Waals surface area contributed by atoms with Crippen molar-refractivity contribution in [3.63, 3.8) is 0 Å². The minimum absolute atomic E-state index is 0. The van der Waals surface area contributed by atoms with Gasteiger partial charge in [0.05, 0.1) is 0 Å². The largest absolute Gasteiger partial charge is 1.00 e. The first-order chi connectivity index (χ1) is 0. The predicted octanol–water partition coefficient (Wildman–Crippen LogP) is -3.91. The van der Waals surface area contributed by atoms with Gasteiger partial charge in [0, 0.05) is 17.1 Å². The minimum Gasteiger partial charge on any atom is -1.00 e. The summed E-state index contributed by atoms with van der Waals surface area (Å²) in [6.45, 7) is 0. The summed E-state index contributed by atoms with van der Waals surface area (Å²) in [6, 6.07) is 0. The van der Waals surface area contributed by atoms with Crippen molar-refractivity contribution >= 4 is 17.4 Å². The minimum atomic E-state index is 0. The van der Waals surface area contributed by atoms with Crippen LogP contribution < -0.4 is 57.5 Å². The Morgan fingerprint density at radius 2 is 1.25 bits per heavy atom. The van der Waals surface area contributed by atoms with Gasteiger partial charge in [-0.05, 0) is 0 Å². The van der Waals surface area contributed by atoms with E-state index in [0.717, 1.165) is 0 Å². The topological polar surface area (TPSA) is 35.0 Å². The van der Waals surface area contributed by atoms with E-state index >= 15 is 0 Å². The molecule has 0 heterocycles. The summed E-state index contributed by atoms with van der Waals surface area (Å²) in [4.78, 5) is 0. The second-order valence-corrected chi connectivity index (χ2v) is 0. The molecule has 0 bridgehead atoms. The van der Waals surface area contributed by atoms with Crippen molar-refractivity contribution in [1.82, 2.24) is 6.15 Å². The van der Waals surface area contributed by atoms with E-state index in [4.69, 9.17) is 0 Å². The molecule has 0 amide bonds. The Morgan fingerprint density at radius 3 is 1.25 bits per heavy atom. The van der Waals surface area contributed by atoms with Crippen LogP contribution in [0.5, 0.6) is 0 Å². The molecule has 0 aliphatic carbocycles. The van der Waals surface area contributed by atoms with Crippen LogP contribution in [-0.2, 0) is 17.1 Å². The monoisotopic (exact) mass is 143 g/mol. The summed E-state index contributed by atoms with van der Waals surface area (Å²) < 4.78 is 0. The SMILES string of the molecule is N.[AlH3].[Fe].[H-].[K+]. The van der Waals surface area contributed by atoms with Crippen LogP contribution >= 0.6 is 0 Å². The Morgan fingerprint density at radius 1 is 1.25 bits per heavy atom. The van der Waals surface area contributed by atoms with Crippen molar-refractivity contribution in [2.75, 3.05) is 0 Å². The summed E-state index contributed by atoms with van der Waals surface area (Å²) in [5.41, 5.74) is 0. The van der Waals surface area contributed by atoms with Crippen LogP contribution in [0.25, 0.3) is 0 Å². The second-order valence-electron chi connectivity index (χ2n) is 0. The molecule has 24 valence electrons. The average molecular weight is 143 g/mol. The third kappa shape index (κ3) is 8.82. The van der Waals surface area contributed by atoms with Gasteiger partial charge in [0.25, 0.3) is 0 Å². The van der Waals surface area contributed by atoms with Crippen molar-refractivity contribution in [3.05, 3.63) is 0 Å². The zero-order valence-corrected chi connectivity index (χ0v) is 6.29. The summed E-state index contributed by atoms with van der Waals surface area (Å²) in [6.07, 6.45) is 0. The zero-order chi connectivity index (χ0) is 0. The Kier molecular flexibility index (Phi) is 132. The van der Waals surface area contributed by atoms with Gasteiger partial charge in [0.1, 0.15) is 0 Å². The molecule has 1 nitrogen and oxygen atoms in total. The van der Waals surface area contributed by atoms with E-state index in [-0.39, 0.29) is 93.4 Å². The maximum absolute atomic E-state index is 0. The van der Waals surface area contributed by atoms with Gasteiger partial charge in [0.2, 0.25) is 0 Å². The summed E-state index contributed by atoms with van der Waals surface area (Å²) in [5, 5.41) is 0. The van der Waals surface area contributed by atoms with Crippen LogP contribution in [0, 0.1) is 0 Å². The normalized spacial score (nSPS) is 0. The Hall–Kier alpha value is 2.65. The maximum Gasteiger partial charge on any atom is 1.00 e. The molecule has 0 atom stereocenters. The van der Waals surface area contributed by atoms with Gasteiger partial charge in [-0.3, -0.25) is 0 Å². The van der Waals surface area contributed by atoms with Crippen LogP contribution in [0.4, 0.5) is 0 Å². The fraction of sp³-hybridized carbons (Fsp3) is 0. The van der Waals surface area contributed by atoms with E-state index < -0.39 is 0 Å². The summed E-state index contributed by atoms with van der Waals surface area (Å²) >= 11 is 0. The fourth-order valence-electron chi connectivity index (χ4n) is 0. The summed E-state index contributed by atoms with van der Waals surface area (Å²) in [5.74, 6) is 0. The Labute approximate surface area is 91.4 Å². The second kappa shape index (κ2) is 17.4. The Balaban J connectivity index is 0. The molecule has 0 unspecified atom stereocenters. The van der Waals surface area contributed by atoms with Crippen LogP contribution in [0.1, 0.15) is 1.43 Å². The van der Waals surface area contributed by atoms with Crippen molar-refractivity contribution < 1.29 is 69.9 Å². The molecule has 0 spiro atoms. The molecule has 0 aromatic heterocycles. The number of rotatable bonds is 0. The van der Waals surface area contributed by atoms with E-state index in [1.165, 1.54) is 0 Å². The zero-order valence-electron chi connectivity index (χ0n) is 3.06. The molecule has 0 aliphatic heterocycles. The van der Waals surface area contributed by atoms with Gasteiger partial charge in [-0.1, -0.05) is 0 Å². The van der Waals surface area contributed by atoms with E-state index in [0.29, 0.717) is 0 Å². The van der Waals surface area contributed by atoms with Crippen molar-refractivity contribution in [2.45, 2.75) is 0 Å². The van der Waals surface area contributed by atoms with Crippen molar-refractivity contribution in [3.8, 4) is 0 Å². The van der Waals surface area contributed by atoms with Gasteiger partial charge in [-0.2, -0.15) is 0 Å². The third-order valence-corrected chi connectivity index (χ3v) is 0. The van der Waals surface area contributed by atoms with Crippen LogP contribution in [0.15, 0.2) is 0 Å². The van der Waals surface area contributed by atoms with E-state index in [1.807, 2.05) is 0 Å². The first kappa shape index (κ1) is 30.2. The van der Waals surface area contributed by atoms with E-state index in [1.54, 1.807) is 0 Å². The molecule has 0 saturated heterocycles. The molecule has 0 fully saturated rings. The van der Waals surface area contributed by atoms with Gasteiger partial charge >= 0.3 is 51.4 Å². The molecule has 3 N–H and O–H groups in total. The standard InChI is InChI=1S/Al.Fe.K.H3N.4H/h;;;1H3;;;;/q;;+1;;;;;-1. The molecule has 0 aromatic carbocycles. The predicted molar refractivity (Wildman–Crippen MR) is 16.1 cm³/mol. The quantitative estimate of drug-likeness (QED) is 0.345. The molecule has 4 heteroatoms. The molecule has 0 aliphatic rings. The maximum atomic E-state index is 0. The molecule has 0 aromatic rings. The first-order valence-electron chi connectivity index (χ1n) is 0. The molecular weight excluding hydrogens is 136 g/mol. The smallest absolute Gasteiger partial charge is 1.00 e. The van der Waals surface area contributed by atoms with Crippen molar-refractivity contribution in [2.24, 2.45) is 0 Å². The molecule has 0 saturated carbocycles.